The zero-order valence-electron chi connectivity index (χ0n) is 17.1. The van der Waals surface area contributed by atoms with Gasteiger partial charge in [-0.2, -0.15) is 31.3 Å². The normalized spacial score (nSPS) is 17.2. The first-order valence-corrected chi connectivity index (χ1v) is 10.2. The maximum Gasteiger partial charge on any atom is 0.419 e. The quantitative estimate of drug-likeness (QED) is 0.475. The molecule has 1 N–H and O–H groups in total. The summed E-state index contributed by atoms with van der Waals surface area (Å²) in [6.45, 7) is 1.22. The molecule has 0 radical (unpaired) electrons. The molecule has 0 amide bonds. The molecule has 0 saturated carbocycles. The fraction of sp³-hybridized carbons (Fsp3) is 0.364. The molecule has 1 aromatic heterocycles. The minimum atomic E-state index is -4.73. The number of benzene rings is 2. The molecule has 176 valence electrons. The van der Waals surface area contributed by atoms with E-state index < -0.39 is 29.2 Å². The lowest BCUT2D eigenvalue weighted by molar-refractivity contribution is -0.139. The third-order valence-corrected chi connectivity index (χ3v) is 5.31. The van der Waals surface area contributed by atoms with Gasteiger partial charge >= 0.3 is 12.4 Å². The molecule has 1 fully saturated rings. The Bertz CT molecular complexity index is 1090. The molecular formula is C22H19F6N3O2. The van der Waals surface area contributed by atoms with Crippen LogP contribution in [0.1, 0.15) is 41.3 Å². The van der Waals surface area contributed by atoms with E-state index in [0.29, 0.717) is 18.0 Å². The Hall–Kier alpha value is -3.08. The molecule has 4 rings (SSSR count). The lowest BCUT2D eigenvalue weighted by atomic mass is 10.00. The Balaban J connectivity index is 1.53. The number of aromatic nitrogens is 2. The van der Waals surface area contributed by atoms with E-state index in [4.69, 9.17) is 9.26 Å². The van der Waals surface area contributed by atoms with Gasteiger partial charge in [-0.3, -0.25) is 0 Å². The van der Waals surface area contributed by atoms with Gasteiger partial charge in [0, 0.05) is 12.1 Å². The first kappa shape index (κ1) is 23.1. The summed E-state index contributed by atoms with van der Waals surface area (Å²) in [5, 5.41) is 7.03. The number of hydrogen-bond donors (Lipinski definition) is 1. The second kappa shape index (κ2) is 9.05. The number of nitrogens with one attached hydrogen (secondary N) is 1. The van der Waals surface area contributed by atoms with E-state index >= 15 is 0 Å². The van der Waals surface area contributed by atoms with Gasteiger partial charge in [0.15, 0.2) is 0 Å². The molecule has 1 aliphatic heterocycles. The van der Waals surface area contributed by atoms with Crippen LogP contribution in [0.4, 0.5) is 26.3 Å². The van der Waals surface area contributed by atoms with Crippen LogP contribution >= 0.6 is 0 Å². The summed E-state index contributed by atoms with van der Waals surface area (Å²) >= 11 is 0. The Morgan fingerprint density at radius 3 is 2.39 bits per heavy atom. The number of nitrogens with zero attached hydrogens (tertiary/aromatic N) is 2. The fourth-order valence-corrected chi connectivity index (χ4v) is 3.55. The van der Waals surface area contributed by atoms with E-state index in [2.05, 4.69) is 15.5 Å². The Morgan fingerprint density at radius 2 is 1.76 bits per heavy atom. The molecule has 0 spiro atoms. The van der Waals surface area contributed by atoms with Gasteiger partial charge in [0.1, 0.15) is 12.4 Å². The van der Waals surface area contributed by atoms with Crippen LogP contribution in [0.2, 0.25) is 0 Å². The van der Waals surface area contributed by atoms with Gasteiger partial charge < -0.3 is 14.6 Å². The molecule has 1 atom stereocenters. The number of piperidine rings is 1. The molecule has 0 aliphatic carbocycles. The van der Waals surface area contributed by atoms with Crippen LogP contribution in [0, 0.1) is 0 Å². The summed E-state index contributed by atoms with van der Waals surface area (Å²) < 4.78 is 89.6. The average Bonchev–Trinajstić information content (AvgIpc) is 3.28. The van der Waals surface area contributed by atoms with Crippen LogP contribution in [0.3, 0.4) is 0 Å². The number of rotatable bonds is 5. The molecule has 1 saturated heterocycles. The SMILES string of the molecule is FC(F)(F)c1ccc(COc2ccc(-c3noc([C@@H]4CCCNC4)n3)cc2C(F)(F)F)cc1. The minimum absolute atomic E-state index is 0.00780. The van der Waals surface area contributed by atoms with Crippen molar-refractivity contribution in [2.24, 2.45) is 0 Å². The summed E-state index contributed by atoms with van der Waals surface area (Å²) in [5.74, 6) is -0.0384. The monoisotopic (exact) mass is 471 g/mol. The Labute approximate surface area is 184 Å². The van der Waals surface area contributed by atoms with Gasteiger partial charge in [0.05, 0.1) is 17.0 Å². The molecular weight excluding hydrogens is 452 g/mol. The third kappa shape index (κ3) is 5.47. The lowest BCUT2D eigenvalue weighted by Gasteiger charge is -2.18. The summed E-state index contributed by atoms with van der Waals surface area (Å²) in [6.07, 6.45) is -7.45. The summed E-state index contributed by atoms with van der Waals surface area (Å²) in [6, 6.07) is 7.41. The zero-order valence-corrected chi connectivity index (χ0v) is 17.1. The molecule has 11 heteroatoms. The van der Waals surface area contributed by atoms with Gasteiger partial charge in [-0.25, -0.2) is 0 Å². The van der Waals surface area contributed by atoms with Crippen LogP contribution in [0.5, 0.6) is 5.75 Å². The maximum atomic E-state index is 13.7. The number of ether oxygens (including phenoxy) is 1. The summed E-state index contributed by atoms with van der Waals surface area (Å²) in [5.41, 5.74) is -1.49. The number of halogens is 6. The highest BCUT2D eigenvalue weighted by Gasteiger charge is 2.35. The molecule has 2 aromatic carbocycles. The average molecular weight is 471 g/mol. The second-order valence-corrected chi connectivity index (χ2v) is 7.69. The first-order valence-electron chi connectivity index (χ1n) is 10.2. The predicted molar refractivity (Wildman–Crippen MR) is 105 cm³/mol. The number of hydrogen-bond acceptors (Lipinski definition) is 5. The van der Waals surface area contributed by atoms with E-state index in [9.17, 15) is 26.3 Å². The van der Waals surface area contributed by atoms with Crippen molar-refractivity contribution < 1.29 is 35.6 Å². The second-order valence-electron chi connectivity index (χ2n) is 7.69. The Morgan fingerprint density at radius 1 is 1.00 bits per heavy atom. The van der Waals surface area contributed by atoms with Crippen molar-refractivity contribution in [2.45, 2.75) is 37.7 Å². The van der Waals surface area contributed by atoms with E-state index in [0.717, 1.165) is 55.8 Å². The van der Waals surface area contributed by atoms with Gasteiger partial charge in [-0.05, 0) is 55.3 Å². The topological polar surface area (TPSA) is 60.2 Å². The summed E-state index contributed by atoms with van der Waals surface area (Å²) in [7, 11) is 0. The van der Waals surface area contributed by atoms with Crippen LogP contribution in [-0.2, 0) is 19.0 Å². The van der Waals surface area contributed by atoms with E-state index in [1.165, 1.54) is 6.07 Å². The summed E-state index contributed by atoms with van der Waals surface area (Å²) in [4.78, 5) is 4.26. The van der Waals surface area contributed by atoms with Crippen LogP contribution in [0.25, 0.3) is 11.4 Å². The zero-order chi connectivity index (χ0) is 23.6. The van der Waals surface area contributed by atoms with Crippen molar-refractivity contribution in [3.63, 3.8) is 0 Å². The Kier molecular flexibility index (Phi) is 6.33. The highest BCUT2D eigenvalue weighted by molar-refractivity contribution is 5.59. The first-order chi connectivity index (χ1) is 15.6. The molecule has 1 aliphatic rings. The largest absolute Gasteiger partial charge is 0.488 e. The molecule has 0 unspecified atom stereocenters. The predicted octanol–water partition coefficient (Wildman–Crippen LogP) is 5.82. The minimum Gasteiger partial charge on any atom is -0.488 e. The lowest BCUT2D eigenvalue weighted by Crippen LogP contribution is -2.28. The van der Waals surface area contributed by atoms with Crippen LogP contribution in [-0.4, -0.2) is 23.2 Å². The molecule has 3 aromatic rings. The standard InChI is InChI=1S/C22H19F6N3O2/c23-21(24,25)16-6-3-13(4-7-16)12-32-18-8-5-14(10-17(18)22(26,27)28)19-30-20(33-31-19)15-2-1-9-29-11-15/h3-8,10,15,29H,1-2,9,11-12H2/t15-/m1/s1. The van der Waals surface area contributed by atoms with Crippen molar-refractivity contribution in [1.29, 1.82) is 0 Å². The molecule has 2 heterocycles. The van der Waals surface area contributed by atoms with E-state index in [-0.39, 0.29) is 23.9 Å². The highest BCUT2D eigenvalue weighted by atomic mass is 19.4. The van der Waals surface area contributed by atoms with Crippen molar-refractivity contribution in [3.05, 3.63) is 65.0 Å². The van der Waals surface area contributed by atoms with E-state index in [1.54, 1.807) is 0 Å². The molecule has 5 nitrogen and oxygen atoms in total. The number of alkyl halides is 6. The van der Waals surface area contributed by atoms with E-state index in [1.807, 2.05) is 0 Å². The van der Waals surface area contributed by atoms with Gasteiger partial charge in [-0.1, -0.05) is 17.3 Å². The smallest absolute Gasteiger partial charge is 0.419 e. The van der Waals surface area contributed by atoms with Crippen molar-refractivity contribution in [1.82, 2.24) is 15.5 Å². The fourth-order valence-electron chi connectivity index (χ4n) is 3.55. The van der Waals surface area contributed by atoms with Crippen molar-refractivity contribution in [3.8, 4) is 17.1 Å². The van der Waals surface area contributed by atoms with Crippen molar-refractivity contribution >= 4 is 0 Å². The molecule has 33 heavy (non-hydrogen) atoms. The van der Waals surface area contributed by atoms with Crippen LogP contribution in [0.15, 0.2) is 47.0 Å². The highest BCUT2D eigenvalue weighted by Crippen LogP contribution is 2.39. The van der Waals surface area contributed by atoms with Gasteiger partial charge in [-0.15, -0.1) is 0 Å². The molecule has 0 bridgehead atoms. The maximum absolute atomic E-state index is 13.7. The van der Waals surface area contributed by atoms with Gasteiger partial charge in [0.25, 0.3) is 0 Å². The third-order valence-electron chi connectivity index (χ3n) is 5.31. The van der Waals surface area contributed by atoms with Crippen molar-refractivity contribution in [2.75, 3.05) is 13.1 Å². The van der Waals surface area contributed by atoms with Crippen LogP contribution < -0.4 is 10.1 Å². The van der Waals surface area contributed by atoms with Gasteiger partial charge in [0.2, 0.25) is 11.7 Å².